The fraction of sp³-hybridized carbons (Fsp3) is 0.435. The summed E-state index contributed by atoms with van der Waals surface area (Å²) < 4.78 is 91.0. The zero-order valence-corrected chi connectivity index (χ0v) is 19.4. The average Bonchev–Trinajstić information content (AvgIpc) is 3.13. The number of hydrogen-bond acceptors (Lipinski definition) is 3. The third-order valence-electron chi connectivity index (χ3n) is 6.60. The number of amides is 2. The summed E-state index contributed by atoms with van der Waals surface area (Å²) in [5.41, 5.74) is 0.455. The number of alkyl halides is 5. The highest BCUT2D eigenvalue weighted by molar-refractivity contribution is 7.92. The molecule has 0 unspecified atom stereocenters. The number of benzene rings is 2. The molecular weight excluding hydrogens is 493 g/mol. The van der Waals surface area contributed by atoms with Crippen molar-refractivity contribution in [2.24, 2.45) is 0 Å². The number of carbonyl (C=O) groups excluding carboxylic acids is 1. The first-order valence-corrected chi connectivity index (χ1v) is 12.5. The van der Waals surface area contributed by atoms with Crippen molar-refractivity contribution in [2.75, 3.05) is 30.5 Å². The van der Waals surface area contributed by atoms with Crippen LogP contribution >= 0.6 is 0 Å². The summed E-state index contributed by atoms with van der Waals surface area (Å²) in [6.07, 6.45) is -7.34. The highest BCUT2D eigenvalue weighted by Gasteiger charge is 2.48. The Hall–Kier alpha value is -2.89. The van der Waals surface area contributed by atoms with E-state index in [1.54, 1.807) is 18.2 Å². The molecule has 1 N–H and O–H groups in total. The van der Waals surface area contributed by atoms with Gasteiger partial charge in [0.2, 0.25) is 0 Å². The van der Waals surface area contributed by atoms with E-state index in [1.165, 1.54) is 21.3 Å². The van der Waals surface area contributed by atoms with E-state index in [-0.39, 0.29) is 30.1 Å². The van der Waals surface area contributed by atoms with Gasteiger partial charge in [-0.3, -0.25) is 4.31 Å². The Labute approximate surface area is 199 Å². The maximum Gasteiger partial charge on any atom is 0.390 e. The van der Waals surface area contributed by atoms with E-state index in [2.05, 4.69) is 5.32 Å². The average molecular weight is 518 g/mol. The number of likely N-dealkylation sites (tertiary alicyclic amines) is 1. The minimum Gasteiger partial charge on any atom is -0.338 e. The fourth-order valence-electron chi connectivity index (χ4n) is 4.70. The summed E-state index contributed by atoms with van der Waals surface area (Å²) in [5, 5.41) is 2.28. The Morgan fingerprint density at radius 3 is 2.26 bits per heavy atom. The van der Waals surface area contributed by atoms with Gasteiger partial charge in [0.25, 0.3) is 16.4 Å². The van der Waals surface area contributed by atoms with Crippen LogP contribution in [0.5, 0.6) is 0 Å². The molecular formula is C23H24F5N3O3S. The topological polar surface area (TPSA) is 69.7 Å². The summed E-state index contributed by atoms with van der Waals surface area (Å²) in [4.78, 5) is 13.6. The highest BCUT2D eigenvalue weighted by Crippen LogP contribution is 2.48. The third kappa shape index (κ3) is 5.07. The van der Waals surface area contributed by atoms with Gasteiger partial charge in [0.1, 0.15) is 0 Å². The fourth-order valence-corrected chi connectivity index (χ4v) is 6.27. The maximum atomic E-state index is 13.4. The van der Waals surface area contributed by atoms with E-state index in [0.717, 1.165) is 17.7 Å². The van der Waals surface area contributed by atoms with Crippen molar-refractivity contribution >= 4 is 21.7 Å². The molecule has 190 valence electrons. The second-order valence-electron chi connectivity index (χ2n) is 8.76. The van der Waals surface area contributed by atoms with Crippen LogP contribution in [0.2, 0.25) is 0 Å². The first-order chi connectivity index (χ1) is 16.4. The Kier molecular flexibility index (Phi) is 6.69. The monoisotopic (exact) mass is 517 g/mol. The molecule has 2 amide bonds. The first kappa shape index (κ1) is 25.2. The normalized spacial score (nSPS) is 17.7. The van der Waals surface area contributed by atoms with Crippen molar-refractivity contribution in [1.82, 2.24) is 10.2 Å². The summed E-state index contributed by atoms with van der Waals surface area (Å²) in [5.74, 6) is 0. The molecule has 1 fully saturated rings. The van der Waals surface area contributed by atoms with Crippen LogP contribution in [0.15, 0.2) is 53.4 Å². The van der Waals surface area contributed by atoms with Crippen LogP contribution in [0, 0.1) is 0 Å². The largest absolute Gasteiger partial charge is 0.390 e. The summed E-state index contributed by atoms with van der Waals surface area (Å²) in [6.45, 7) is 0.115. The van der Waals surface area contributed by atoms with E-state index in [1.807, 2.05) is 6.07 Å². The van der Waals surface area contributed by atoms with Crippen molar-refractivity contribution < 1.29 is 35.2 Å². The smallest absolute Gasteiger partial charge is 0.338 e. The van der Waals surface area contributed by atoms with Crippen molar-refractivity contribution in [1.29, 1.82) is 0 Å². The van der Waals surface area contributed by atoms with Gasteiger partial charge in [-0.25, -0.2) is 22.0 Å². The molecule has 2 aromatic rings. The van der Waals surface area contributed by atoms with E-state index in [4.69, 9.17) is 0 Å². The molecule has 0 saturated carbocycles. The van der Waals surface area contributed by atoms with Crippen LogP contribution in [0.1, 0.15) is 36.8 Å². The molecule has 6 nitrogen and oxygen atoms in total. The number of anilines is 1. The van der Waals surface area contributed by atoms with Crippen LogP contribution < -0.4 is 9.62 Å². The third-order valence-corrected chi connectivity index (χ3v) is 8.38. The number of nitrogens with one attached hydrogen (secondary N) is 1. The van der Waals surface area contributed by atoms with E-state index in [0.29, 0.717) is 18.5 Å². The predicted octanol–water partition coefficient (Wildman–Crippen LogP) is 4.83. The number of rotatable bonds is 5. The van der Waals surface area contributed by atoms with Gasteiger partial charge in [0.05, 0.1) is 17.0 Å². The summed E-state index contributed by atoms with van der Waals surface area (Å²) in [7, 11) is -4.04. The number of urea groups is 1. The van der Waals surface area contributed by atoms with Gasteiger partial charge in [0.15, 0.2) is 0 Å². The zero-order valence-electron chi connectivity index (χ0n) is 18.6. The zero-order chi connectivity index (χ0) is 25.4. The lowest BCUT2D eigenvalue weighted by Crippen LogP contribution is -2.50. The van der Waals surface area contributed by atoms with Crippen LogP contribution in [-0.4, -0.2) is 51.7 Å². The molecule has 4 rings (SSSR count). The van der Waals surface area contributed by atoms with Crippen LogP contribution in [0.4, 0.5) is 32.4 Å². The molecule has 35 heavy (non-hydrogen) atoms. The number of para-hydroxylation sites is 1. The molecule has 0 aromatic heterocycles. The molecule has 1 saturated heterocycles. The molecule has 2 aromatic carbocycles. The molecule has 0 radical (unpaired) electrons. The number of hydrogen-bond donors (Lipinski definition) is 1. The Balaban J connectivity index is 1.51. The lowest BCUT2D eigenvalue weighted by molar-refractivity contribution is -0.133. The van der Waals surface area contributed by atoms with E-state index < -0.39 is 47.0 Å². The Morgan fingerprint density at radius 1 is 1.03 bits per heavy atom. The molecule has 1 spiro atoms. The van der Waals surface area contributed by atoms with Crippen molar-refractivity contribution in [3.8, 4) is 0 Å². The predicted molar refractivity (Wildman–Crippen MR) is 119 cm³/mol. The molecule has 0 bridgehead atoms. The number of fused-ring (bicyclic) bond motifs is 2. The summed E-state index contributed by atoms with van der Waals surface area (Å²) >= 11 is 0. The van der Waals surface area contributed by atoms with Gasteiger partial charge in [-0.2, -0.15) is 13.2 Å². The number of nitrogens with zero attached hydrogens (tertiary/aromatic N) is 2. The number of carbonyl (C=O) groups is 1. The molecule has 12 heteroatoms. The van der Waals surface area contributed by atoms with Gasteiger partial charge in [-0.15, -0.1) is 0 Å². The molecule has 0 atom stereocenters. The quantitative estimate of drug-likeness (QED) is 0.578. The van der Waals surface area contributed by atoms with Crippen LogP contribution in [0.25, 0.3) is 0 Å². The molecule has 2 heterocycles. The first-order valence-electron chi connectivity index (χ1n) is 11.0. The second kappa shape index (κ2) is 9.29. The number of piperidine rings is 1. The van der Waals surface area contributed by atoms with Gasteiger partial charge in [-0.05, 0) is 36.6 Å². The molecule has 0 aliphatic carbocycles. The van der Waals surface area contributed by atoms with Crippen molar-refractivity contribution in [3.05, 3.63) is 59.7 Å². The standard InChI is InChI=1S/C23H24F5N3O3S/c24-20(25)16-5-7-17(8-6-16)35(33,34)31-15-22(18-3-1-2-4-19(18)31)10-13-30(14-11-22)21(32)29-12-9-23(26,27)28/h1-8,20H,9-15H2,(H,29,32). The lowest BCUT2D eigenvalue weighted by atomic mass is 9.74. The SMILES string of the molecule is O=C(NCCC(F)(F)F)N1CCC2(CC1)CN(S(=O)(=O)c1ccc(C(F)F)cc1)c1ccccc12. The second-order valence-corrected chi connectivity index (χ2v) is 10.6. The highest BCUT2D eigenvalue weighted by atomic mass is 32.2. The summed E-state index contributed by atoms with van der Waals surface area (Å²) in [6, 6.07) is 11.0. The minimum atomic E-state index is -4.36. The lowest BCUT2D eigenvalue weighted by Gasteiger charge is -2.39. The Morgan fingerprint density at radius 2 is 1.66 bits per heavy atom. The van der Waals surface area contributed by atoms with Crippen LogP contribution in [0.3, 0.4) is 0 Å². The minimum absolute atomic E-state index is 0.102. The van der Waals surface area contributed by atoms with Crippen molar-refractivity contribution in [2.45, 2.75) is 42.2 Å². The number of sulfonamides is 1. The van der Waals surface area contributed by atoms with Gasteiger partial charge in [0, 0.05) is 37.2 Å². The van der Waals surface area contributed by atoms with Gasteiger partial charge >= 0.3 is 12.2 Å². The molecule has 2 aliphatic heterocycles. The van der Waals surface area contributed by atoms with Crippen molar-refractivity contribution in [3.63, 3.8) is 0 Å². The maximum absolute atomic E-state index is 13.4. The Bertz CT molecular complexity index is 1180. The van der Waals surface area contributed by atoms with E-state index >= 15 is 0 Å². The van der Waals surface area contributed by atoms with Gasteiger partial charge < -0.3 is 10.2 Å². The van der Waals surface area contributed by atoms with Crippen LogP contribution in [-0.2, 0) is 15.4 Å². The molecule has 2 aliphatic rings. The van der Waals surface area contributed by atoms with Gasteiger partial charge in [-0.1, -0.05) is 30.3 Å². The number of halogens is 5. The van der Waals surface area contributed by atoms with E-state index in [9.17, 15) is 35.2 Å².